The fourth-order valence-electron chi connectivity index (χ4n) is 2.65. The lowest BCUT2D eigenvalue weighted by atomic mass is 10.0. The van der Waals surface area contributed by atoms with Gasteiger partial charge in [0.05, 0.1) is 13.3 Å². The quantitative estimate of drug-likeness (QED) is 0.691. The van der Waals surface area contributed by atoms with Gasteiger partial charge in [0.2, 0.25) is 0 Å². The van der Waals surface area contributed by atoms with E-state index in [4.69, 9.17) is 16.3 Å². The molecule has 0 bridgehead atoms. The summed E-state index contributed by atoms with van der Waals surface area (Å²) >= 11 is 6.26. The van der Waals surface area contributed by atoms with E-state index >= 15 is 0 Å². The number of methoxy groups -OCH3 is 1. The topological polar surface area (TPSA) is 56.5 Å². The number of nitrogens with zero attached hydrogens (tertiary/aromatic N) is 3. The molecule has 0 aliphatic carbocycles. The zero-order valence-electron chi connectivity index (χ0n) is 13.1. The van der Waals surface area contributed by atoms with E-state index in [9.17, 15) is 4.79 Å². The molecular formula is C17H16ClN3O2. The first-order valence-corrected chi connectivity index (χ1v) is 7.56. The van der Waals surface area contributed by atoms with E-state index in [0.717, 1.165) is 27.5 Å². The minimum Gasteiger partial charge on any atom is -0.465 e. The van der Waals surface area contributed by atoms with Crippen molar-refractivity contribution in [1.82, 2.24) is 14.6 Å². The highest BCUT2D eigenvalue weighted by Crippen LogP contribution is 2.24. The van der Waals surface area contributed by atoms with Crippen LogP contribution in [0.2, 0.25) is 5.02 Å². The third kappa shape index (κ3) is 2.68. The predicted molar refractivity (Wildman–Crippen MR) is 88.1 cm³/mol. The first kappa shape index (κ1) is 15.5. The van der Waals surface area contributed by atoms with Crippen molar-refractivity contribution < 1.29 is 9.53 Å². The van der Waals surface area contributed by atoms with Crippen LogP contribution in [0.25, 0.3) is 5.65 Å². The normalized spacial score (nSPS) is 11.0. The molecule has 0 unspecified atom stereocenters. The Morgan fingerprint density at radius 1 is 1.30 bits per heavy atom. The number of esters is 1. The van der Waals surface area contributed by atoms with E-state index in [0.29, 0.717) is 17.6 Å². The molecule has 6 heteroatoms. The first-order valence-electron chi connectivity index (χ1n) is 7.18. The summed E-state index contributed by atoms with van der Waals surface area (Å²) in [5.41, 5.74) is 4.73. The van der Waals surface area contributed by atoms with Crippen LogP contribution >= 0.6 is 11.6 Å². The van der Waals surface area contributed by atoms with Crippen LogP contribution in [0.15, 0.2) is 30.5 Å². The number of ether oxygens (including phenoxy) is 1. The number of hydrogen-bond acceptors (Lipinski definition) is 4. The number of rotatable bonds is 3. The minimum atomic E-state index is -0.440. The molecule has 0 saturated carbocycles. The molecule has 0 aliphatic heterocycles. The second-order valence-corrected chi connectivity index (χ2v) is 5.72. The lowest BCUT2D eigenvalue weighted by Gasteiger charge is -2.12. The fraction of sp³-hybridized carbons (Fsp3) is 0.235. The number of fused-ring (bicyclic) bond motifs is 1. The summed E-state index contributed by atoms with van der Waals surface area (Å²) in [5, 5.41) is 5.00. The maximum absolute atomic E-state index is 11.8. The predicted octanol–water partition coefficient (Wildman–Crippen LogP) is 3.38. The highest BCUT2D eigenvalue weighted by molar-refractivity contribution is 6.31. The van der Waals surface area contributed by atoms with Gasteiger partial charge in [-0.15, -0.1) is 0 Å². The Bertz CT molecular complexity index is 902. The number of hydrogen-bond donors (Lipinski definition) is 0. The van der Waals surface area contributed by atoms with Gasteiger partial charge in [0, 0.05) is 22.8 Å². The Morgan fingerprint density at radius 2 is 2.04 bits per heavy atom. The van der Waals surface area contributed by atoms with Crippen molar-refractivity contribution in [1.29, 1.82) is 0 Å². The molecule has 118 valence electrons. The molecule has 0 N–H and O–H groups in total. The van der Waals surface area contributed by atoms with Crippen LogP contribution < -0.4 is 0 Å². The lowest BCUT2D eigenvalue weighted by Crippen LogP contribution is -2.08. The largest absolute Gasteiger partial charge is 0.465 e. The standard InChI is InChI=1S/C17H16ClN3O2/c1-10-13(8-12-6-4-5-7-15(12)18)11(2)21-16(20-10)14(9-19-21)17(22)23-3/h4-7,9H,8H2,1-3H3. The summed E-state index contributed by atoms with van der Waals surface area (Å²) in [4.78, 5) is 16.3. The molecule has 0 saturated heterocycles. The maximum atomic E-state index is 11.8. The van der Waals surface area contributed by atoms with E-state index < -0.39 is 5.97 Å². The zero-order chi connectivity index (χ0) is 16.6. The maximum Gasteiger partial charge on any atom is 0.343 e. The van der Waals surface area contributed by atoms with Crippen LogP contribution in [0.5, 0.6) is 0 Å². The molecule has 0 spiro atoms. The molecule has 0 radical (unpaired) electrons. The highest BCUT2D eigenvalue weighted by atomic mass is 35.5. The van der Waals surface area contributed by atoms with E-state index in [1.165, 1.54) is 13.3 Å². The Hall–Kier alpha value is -2.40. The van der Waals surface area contributed by atoms with Gasteiger partial charge < -0.3 is 4.74 Å². The van der Waals surface area contributed by atoms with Gasteiger partial charge in [-0.2, -0.15) is 5.10 Å². The number of benzene rings is 1. The highest BCUT2D eigenvalue weighted by Gasteiger charge is 2.19. The van der Waals surface area contributed by atoms with Gasteiger partial charge >= 0.3 is 5.97 Å². The van der Waals surface area contributed by atoms with Gasteiger partial charge in [-0.05, 0) is 31.0 Å². The van der Waals surface area contributed by atoms with Crippen molar-refractivity contribution in [3.63, 3.8) is 0 Å². The van der Waals surface area contributed by atoms with Crippen LogP contribution in [-0.4, -0.2) is 27.7 Å². The molecule has 0 fully saturated rings. The van der Waals surface area contributed by atoms with Crippen molar-refractivity contribution in [2.45, 2.75) is 20.3 Å². The van der Waals surface area contributed by atoms with Crippen molar-refractivity contribution in [2.75, 3.05) is 7.11 Å². The third-order valence-electron chi connectivity index (χ3n) is 3.94. The molecule has 23 heavy (non-hydrogen) atoms. The van der Waals surface area contributed by atoms with Crippen molar-refractivity contribution in [3.8, 4) is 0 Å². The van der Waals surface area contributed by atoms with Crippen LogP contribution in [0, 0.1) is 13.8 Å². The first-order chi connectivity index (χ1) is 11.0. The van der Waals surface area contributed by atoms with Crippen LogP contribution in [0.3, 0.4) is 0 Å². The monoisotopic (exact) mass is 329 g/mol. The number of carbonyl (C=O) groups excluding carboxylic acids is 1. The zero-order valence-corrected chi connectivity index (χ0v) is 13.9. The molecule has 3 rings (SSSR count). The molecule has 1 aromatic carbocycles. The third-order valence-corrected chi connectivity index (χ3v) is 4.31. The Labute approximate surface area is 138 Å². The van der Waals surface area contributed by atoms with Gasteiger partial charge in [-0.3, -0.25) is 0 Å². The Morgan fingerprint density at radius 3 is 2.74 bits per heavy atom. The molecule has 5 nitrogen and oxygen atoms in total. The molecule has 0 aliphatic rings. The van der Waals surface area contributed by atoms with Gasteiger partial charge in [-0.1, -0.05) is 29.8 Å². The van der Waals surface area contributed by atoms with Crippen LogP contribution in [-0.2, 0) is 11.2 Å². The number of aryl methyl sites for hydroxylation is 2. The smallest absolute Gasteiger partial charge is 0.343 e. The summed E-state index contributed by atoms with van der Waals surface area (Å²) in [6.45, 7) is 3.88. The van der Waals surface area contributed by atoms with Crippen molar-refractivity contribution in [3.05, 3.63) is 63.6 Å². The Balaban J connectivity index is 2.13. The van der Waals surface area contributed by atoms with Gasteiger partial charge in [0.25, 0.3) is 0 Å². The van der Waals surface area contributed by atoms with Gasteiger partial charge in [0.1, 0.15) is 5.56 Å². The number of halogens is 1. The molecule has 2 heterocycles. The average Bonchev–Trinajstić information content (AvgIpc) is 2.96. The number of carbonyl (C=O) groups is 1. The second-order valence-electron chi connectivity index (χ2n) is 5.31. The lowest BCUT2D eigenvalue weighted by molar-refractivity contribution is 0.0602. The molecule has 0 atom stereocenters. The summed E-state index contributed by atoms with van der Waals surface area (Å²) in [5.74, 6) is -0.440. The summed E-state index contributed by atoms with van der Waals surface area (Å²) in [6.07, 6.45) is 2.15. The molecule has 0 amide bonds. The molecule has 2 aromatic heterocycles. The SMILES string of the molecule is COC(=O)c1cnn2c(C)c(Cc3ccccc3Cl)c(C)nc12. The molecule has 3 aromatic rings. The van der Waals surface area contributed by atoms with Gasteiger partial charge in [-0.25, -0.2) is 14.3 Å². The van der Waals surface area contributed by atoms with E-state index in [1.54, 1.807) is 4.52 Å². The second kappa shape index (κ2) is 6.01. The summed E-state index contributed by atoms with van der Waals surface area (Å²) in [6, 6.07) is 7.73. The average molecular weight is 330 g/mol. The van der Waals surface area contributed by atoms with Crippen molar-refractivity contribution in [2.24, 2.45) is 0 Å². The van der Waals surface area contributed by atoms with Crippen molar-refractivity contribution >= 4 is 23.2 Å². The Kier molecular flexibility index (Phi) is 4.05. The summed E-state index contributed by atoms with van der Waals surface area (Å²) < 4.78 is 6.45. The fourth-order valence-corrected chi connectivity index (χ4v) is 2.86. The van der Waals surface area contributed by atoms with E-state index in [-0.39, 0.29) is 0 Å². The number of aromatic nitrogens is 3. The van der Waals surface area contributed by atoms with Crippen LogP contribution in [0.1, 0.15) is 32.9 Å². The van der Waals surface area contributed by atoms with Gasteiger partial charge in [0.15, 0.2) is 5.65 Å². The summed E-state index contributed by atoms with van der Waals surface area (Å²) in [7, 11) is 1.34. The van der Waals surface area contributed by atoms with E-state index in [2.05, 4.69) is 10.1 Å². The molecular weight excluding hydrogens is 314 g/mol. The minimum absolute atomic E-state index is 0.364. The van der Waals surface area contributed by atoms with E-state index in [1.807, 2.05) is 38.1 Å². The van der Waals surface area contributed by atoms with Crippen LogP contribution in [0.4, 0.5) is 0 Å².